The largest absolute Gasteiger partial charge is 0.458 e. The number of ether oxygens (including phenoxy) is 2. The van der Waals surface area contributed by atoms with E-state index in [1.165, 1.54) is 10.8 Å². The number of hydrogen-bond acceptors (Lipinski definition) is 8. The molecular weight excluding hydrogens is 316 g/mol. The lowest BCUT2D eigenvalue weighted by molar-refractivity contribution is -0.155. The Bertz CT molecular complexity index is 660. The summed E-state index contributed by atoms with van der Waals surface area (Å²) in [5.74, 6) is -0.481. The fourth-order valence-corrected chi connectivity index (χ4v) is 2.44. The Balaban J connectivity index is 2.16. The lowest BCUT2D eigenvalue weighted by Crippen LogP contribution is -2.41. The number of anilines is 1. The maximum absolute atomic E-state index is 12.0. The first-order valence-electron chi connectivity index (χ1n) is 7.82. The van der Waals surface area contributed by atoms with Crippen LogP contribution in [0.25, 0.3) is 0 Å². The molecule has 4 atom stereocenters. The van der Waals surface area contributed by atoms with Gasteiger partial charge in [0.15, 0.2) is 0 Å². The third-order valence-electron chi connectivity index (χ3n) is 4.10. The van der Waals surface area contributed by atoms with E-state index in [9.17, 15) is 14.7 Å². The number of carbonyl (C=O) groups excluding carboxylic acids is 1. The zero-order valence-electron chi connectivity index (χ0n) is 14.0. The highest BCUT2D eigenvalue weighted by Gasteiger charge is 2.40. The van der Waals surface area contributed by atoms with Crippen molar-refractivity contribution in [2.75, 3.05) is 12.3 Å². The molecule has 24 heavy (non-hydrogen) atoms. The third-order valence-corrected chi connectivity index (χ3v) is 4.10. The van der Waals surface area contributed by atoms with Gasteiger partial charge in [-0.3, -0.25) is 9.36 Å². The van der Waals surface area contributed by atoms with E-state index in [1.807, 2.05) is 13.8 Å². The zero-order chi connectivity index (χ0) is 18.0. The first kappa shape index (κ1) is 18.4. The summed E-state index contributed by atoms with van der Waals surface area (Å²) in [6.45, 7) is 5.00. The van der Waals surface area contributed by atoms with Crippen LogP contribution in [0.5, 0.6) is 0 Å². The molecule has 1 aliphatic heterocycles. The Morgan fingerprint density at radius 3 is 2.83 bits per heavy atom. The average molecular weight is 340 g/mol. The Morgan fingerprint density at radius 2 is 2.25 bits per heavy atom. The second kappa shape index (κ2) is 7.29. The van der Waals surface area contributed by atoms with Gasteiger partial charge in [-0.25, -0.2) is 4.79 Å². The number of aliphatic hydroxyl groups excluding tert-OH is 1. The number of carbonyl (C=O) groups is 1. The maximum atomic E-state index is 12.0. The second-order valence-electron chi connectivity index (χ2n) is 6.29. The van der Waals surface area contributed by atoms with E-state index in [0.29, 0.717) is 5.56 Å². The van der Waals surface area contributed by atoms with Crippen molar-refractivity contribution < 1.29 is 19.4 Å². The number of esters is 1. The maximum Gasteiger partial charge on any atom is 0.351 e. The van der Waals surface area contributed by atoms with Gasteiger partial charge in [0.1, 0.15) is 30.3 Å². The summed E-state index contributed by atoms with van der Waals surface area (Å²) in [7, 11) is 0. The van der Waals surface area contributed by atoms with E-state index in [1.54, 1.807) is 6.92 Å². The molecule has 134 valence electrons. The highest BCUT2D eigenvalue weighted by atomic mass is 16.6. The third kappa shape index (κ3) is 3.74. The molecule has 0 saturated carbocycles. The average Bonchev–Trinajstić information content (AvgIpc) is 2.92. The van der Waals surface area contributed by atoms with Crippen LogP contribution in [-0.2, 0) is 14.3 Å². The smallest absolute Gasteiger partial charge is 0.351 e. The monoisotopic (exact) mass is 340 g/mol. The first-order chi connectivity index (χ1) is 11.2. The van der Waals surface area contributed by atoms with Crippen LogP contribution in [0.2, 0.25) is 0 Å². The topological polar surface area (TPSA) is 143 Å². The van der Waals surface area contributed by atoms with Gasteiger partial charge in [0.25, 0.3) is 0 Å². The first-order valence-corrected chi connectivity index (χ1v) is 7.82. The van der Waals surface area contributed by atoms with E-state index >= 15 is 0 Å². The molecule has 9 nitrogen and oxygen atoms in total. The van der Waals surface area contributed by atoms with Crippen LogP contribution in [-0.4, -0.2) is 45.5 Å². The van der Waals surface area contributed by atoms with Gasteiger partial charge in [-0.2, -0.15) is 4.98 Å². The molecule has 0 amide bonds. The predicted octanol–water partition coefficient (Wildman–Crippen LogP) is -0.691. The summed E-state index contributed by atoms with van der Waals surface area (Å²) in [5, 5.41) is 9.46. The van der Waals surface area contributed by atoms with E-state index in [-0.39, 0.29) is 24.8 Å². The molecule has 1 aromatic heterocycles. The minimum atomic E-state index is -0.758. The molecule has 1 aromatic rings. The molecular formula is C15H24N4O5. The second-order valence-corrected chi connectivity index (χ2v) is 6.29. The molecule has 5 N–H and O–H groups in total. The number of nitrogen functional groups attached to an aromatic ring is 1. The van der Waals surface area contributed by atoms with E-state index < -0.39 is 36.1 Å². The number of nitrogens with zero attached hydrogens (tertiary/aromatic N) is 2. The normalized spacial score (nSPS) is 25.0. The minimum absolute atomic E-state index is 0.0743. The van der Waals surface area contributed by atoms with Crippen molar-refractivity contribution in [1.29, 1.82) is 0 Å². The van der Waals surface area contributed by atoms with Crippen LogP contribution in [0.1, 0.15) is 32.1 Å². The van der Waals surface area contributed by atoms with Crippen molar-refractivity contribution in [3.05, 3.63) is 22.2 Å². The van der Waals surface area contributed by atoms with E-state index in [2.05, 4.69) is 4.98 Å². The van der Waals surface area contributed by atoms with Crippen molar-refractivity contribution in [3.8, 4) is 0 Å². The Morgan fingerprint density at radius 1 is 1.58 bits per heavy atom. The summed E-state index contributed by atoms with van der Waals surface area (Å²) in [4.78, 5) is 27.8. The van der Waals surface area contributed by atoms with Crippen LogP contribution in [0.4, 0.5) is 5.82 Å². The quantitative estimate of drug-likeness (QED) is 0.598. The fraction of sp³-hybridized carbons (Fsp3) is 0.667. The van der Waals surface area contributed by atoms with Gasteiger partial charge in [0.2, 0.25) is 0 Å². The van der Waals surface area contributed by atoms with Gasteiger partial charge in [0.05, 0.1) is 6.61 Å². The molecule has 0 radical (unpaired) electrons. The highest BCUT2D eigenvalue weighted by molar-refractivity contribution is 5.76. The summed E-state index contributed by atoms with van der Waals surface area (Å²) in [6.07, 6.45) is -0.375. The van der Waals surface area contributed by atoms with Crippen molar-refractivity contribution >= 4 is 11.8 Å². The molecule has 1 aliphatic rings. The fourth-order valence-electron chi connectivity index (χ4n) is 2.44. The number of aromatic nitrogens is 2. The molecule has 9 heteroatoms. The van der Waals surface area contributed by atoms with Gasteiger partial charge < -0.3 is 26.0 Å². The van der Waals surface area contributed by atoms with Crippen LogP contribution in [0.15, 0.2) is 11.0 Å². The molecule has 1 saturated heterocycles. The number of aliphatic hydroxyl groups is 1. The molecule has 2 unspecified atom stereocenters. The Kier molecular flexibility index (Phi) is 5.58. The molecule has 0 aromatic carbocycles. The van der Waals surface area contributed by atoms with Crippen molar-refractivity contribution in [3.63, 3.8) is 0 Å². The van der Waals surface area contributed by atoms with Gasteiger partial charge >= 0.3 is 11.7 Å². The SMILES string of the molecule is Cc1cn([C@H]2CC(OC(=O)C(N)C(C)C)[C@@H](CO)O2)c(=O)nc1N. The standard InChI is InChI=1S/C15H24N4O5/c1-7(2)12(16)14(21)24-9-4-11(23-10(9)6-20)19-5-8(3)13(17)18-15(19)22/h5,7,9-12,20H,4,6,16H2,1-3H3,(H2,17,18,22)/t9?,10-,11-,12?/m1/s1. The highest BCUT2D eigenvalue weighted by Crippen LogP contribution is 2.30. The van der Waals surface area contributed by atoms with Gasteiger partial charge in [-0.05, 0) is 12.8 Å². The number of aryl methyl sites for hydroxylation is 1. The lowest BCUT2D eigenvalue weighted by atomic mass is 10.1. The Labute approximate surface area is 139 Å². The van der Waals surface area contributed by atoms with Gasteiger partial charge in [0, 0.05) is 18.2 Å². The lowest BCUT2D eigenvalue weighted by Gasteiger charge is -2.20. The number of nitrogens with two attached hydrogens (primary N) is 2. The molecule has 0 aliphatic carbocycles. The summed E-state index contributed by atoms with van der Waals surface area (Å²) in [5.41, 5.74) is 11.4. The van der Waals surface area contributed by atoms with Crippen LogP contribution < -0.4 is 17.2 Å². The molecule has 0 bridgehead atoms. The van der Waals surface area contributed by atoms with Crippen LogP contribution in [0, 0.1) is 12.8 Å². The van der Waals surface area contributed by atoms with E-state index in [4.69, 9.17) is 20.9 Å². The Hall–Kier alpha value is -1.97. The molecule has 0 spiro atoms. The van der Waals surface area contributed by atoms with Crippen LogP contribution >= 0.6 is 0 Å². The van der Waals surface area contributed by atoms with Crippen molar-refractivity contribution in [2.45, 2.75) is 51.7 Å². The molecule has 2 heterocycles. The summed E-state index contributed by atoms with van der Waals surface area (Å²) >= 11 is 0. The van der Waals surface area contributed by atoms with Crippen molar-refractivity contribution in [1.82, 2.24) is 9.55 Å². The van der Waals surface area contributed by atoms with Gasteiger partial charge in [-0.15, -0.1) is 0 Å². The van der Waals surface area contributed by atoms with Crippen molar-refractivity contribution in [2.24, 2.45) is 11.7 Å². The van der Waals surface area contributed by atoms with Crippen LogP contribution in [0.3, 0.4) is 0 Å². The zero-order valence-corrected chi connectivity index (χ0v) is 14.0. The molecule has 1 fully saturated rings. The summed E-state index contributed by atoms with van der Waals surface area (Å²) in [6, 6.07) is -0.758. The predicted molar refractivity (Wildman–Crippen MR) is 86.0 cm³/mol. The van der Waals surface area contributed by atoms with E-state index in [0.717, 1.165) is 0 Å². The number of hydrogen-bond donors (Lipinski definition) is 3. The molecule has 2 rings (SSSR count). The summed E-state index contributed by atoms with van der Waals surface area (Å²) < 4.78 is 12.3. The van der Waals surface area contributed by atoms with Gasteiger partial charge in [-0.1, -0.05) is 13.8 Å². The minimum Gasteiger partial charge on any atom is -0.458 e. The number of rotatable bonds is 5.